The summed E-state index contributed by atoms with van der Waals surface area (Å²) < 4.78 is 5.59. The SMILES string of the molecule is C=CC(=O)OCC[N+](C)(C)C.C=CC(=O)[O-]. The van der Waals surface area contributed by atoms with Crippen LogP contribution in [0.5, 0.6) is 0 Å². The number of nitrogens with zero attached hydrogens (tertiary/aromatic N) is 1. The first-order valence-corrected chi connectivity index (χ1v) is 4.66. The Bertz CT molecular complexity index is 253. The first kappa shape index (κ1) is 16.8. The Kier molecular flexibility index (Phi) is 9.10. The van der Waals surface area contributed by atoms with Crippen LogP contribution < -0.4 is 5.11 Å². The highest BCUT2D eigenvalue weighted by molar-refractivity contribution is 5.81. The van der Waals surface area contributed by atoms with Crippen LogP contribution in [0.4, 0.5) is 0 Å². The monoisotopic (exact) mass is 229 g/mol. The van der Waals surface area contributed by atoms with Crippen LogP contribution in [0.15, 0.2) is 25.3 Å². The third-order valence-electron chi connectivity index (χ3n) is 1.34. The molecule has 5 heteroatoms. The number of esters is 1. The minimum atomic E-state index is -1.23. The largest absolute Gasteiger partial charge is 0.545 e. The minimum absolute atomic E-state index is 0.349. The lowest BCUT2D eigenvalue weighted by molar-refractivity contribution is -0.870. The number of carboxylic acids is 1. The summed E-state index contributed by atoms with van der Waals surface area (Å²) in [7, 11) is 6.13. The number of likely N-dealkylation sites (N-methyl/N-ethyl adjacent to an activating group) is 1. The summed E-state index contributed by atoms with van der Waals surface area (Å²) in [6, 6.07) is 0. The summed E-state index contributed by atoms with van der Waals surface area (Å²) in [5.41, 5.74) is 0. The highest BCUT2D eigenvalue weighted by Crippen LogP contribution is 1.89. The van der Waals surface area contributed by atoms with Gasteiger partial charge in [-0.3, -0.25) is 0 Å². The minimum Gasteiger partial charge on any atom is -0.545 e. The van der Waals surface area contributed by atoms with Crippen molar-refractivity contribution < 1.29 is 23.9 Å². The number of carbonyl (C=O) groups excluding carboxylic acids is 2. The zero-order valence-electron chi connectivity index (χ0n) is 10.1. The van der Waals surface area contributed by atoms with E-state index in [2.05, 4.69) is 13.2 Å². The van der Waals surface area contributed by atoms with Crippen molar-refractivity contribution in [1.29, 1.82) is 0 Å². The van der Waals surface area contributed by atoms with Crippen LogP contribution in [0.3, 0.4) is 0 Å². The summed E-state index contributed by atoms with van der Waals surface area (Å²) in [4.78, 5) is 19.7. The van der Waals surface area contributed by atoms with E-state index in [9.17, 15) is 4.79 Å². The molecule has 0 heterocycles. The van der Waals surface area contributed by atoms with Gasteiger partial charge in [0.1, 0.15) is 13.2 Å². The van der Waals surface area contributed by atoms with Crippen molar-refractivity contribution in [3.63, 3.8) is 0 Å². The van der Waals surface area contributed by atoms with Crippen molar-refractivity contribution >= 4 is 11.9 Å². The summed E-state index contributed by atoms with van der Waals surface area (Å²) >= 11 is 0. The van der Waals surface area contributed by atoms with Gasteiger partial charge in [-0.05, 0) is 6.08 Å². The Hall–Kier alpha value is -1.62. The van der Waals surface area contributed by atoms with Crippen molar-refractivity contribution in [1.82, 2.24) is 0 Å². The molecule has 92 valence electrons. The van der Waals surface area contributed by atoms with E-state index in [0.717, 1.165) is 17.1 Å². The summed E-state index contributed by atoms with van der Waals surface area (Å²) in [5.74, 6) is -1.58. The molecule has 0 aromatic heterocycles. The number of quaternary nitrogens is 1. The highest BCUT2D eigenvalue weighted by atomic mass is 16.5. The van der Waals surface area contributed by atoms with Gasteiger partial charge in [0.05, 0.1) is 27.1 Å². The molecule has 0 aliphatic heterocycles. The van der Waals surface area contributed by atoms with Gasteiger partial charge in [0.25, 0.3) is 0 Å². The average Bonchev–Trinajstić information content (AvgIpc) is 2.16. The van der Waals surface area contributed by atoms with Crippen molar-refractivity contribution in [2.45, 2.75) is 0 Å². The van der Waals surface area contributed by atoms with Crippen LogP contribution in [0.25, 0.3) is 0 Å². The van der Waals surface area contributed by atoms with Gasteiger partial charge >= 0.3 is 5.97 Å². The molecule has 5 nitrogen and oxygen atoms in total. The average molecular weight is 229 g/mol. The van der Waals surface area contributed by atoms with Crippen LogP contribution in [-0.4, -0.2) is 50.7 Å². The van der Waals surface area contributed by atoms with Gasteiger partial charge in [0.15, 0.2) is 0 Å². The molecule has 0 atom stereocenters. The Labute approximate surface area is 96.2 Å². The smallest absolute Gasteiger partial charge is 0.330 e. The van der Waals surface area contributed by atoms with E-state index in [4.69, 9.17) is 14.6 Å². The van der Waals surface area contributed by atoms with Gasteiger partial charge < -0.3 is 19.1 Å². The fraction of sp³-hybridized carbons (Fsp3) is 0.455. The maximum absolute atomic E-state index is 10.6. The summed E-state index contributed by atoms with van der Waals surface area (Å²) in [6.07, 6.45) is 1.90. The first-order valence-electron chi connectivity index (χ1n) is 4.66. The second-order valence-corrected chi connectivity index (χ2v) is 3.91. The van der Waals surface area contributed by atoms with E-state index >= 15 is 0 Å². The normalized spacial score (nSPS) is 9.44. The van der Waals surface area contributed by atoms with Crippen molar-refractivity contribution in [2.24, 2.45) is 0 Å². The Morgan fingerprint density at radius 3 is 1.94 bits per heavy atom. The van der Waals surface area contributed by atoms with Crippen molar-refractivity contribution in [3.05, 3.63) is 25.3 Å². The number of hydrogen-bond donors (Lipinski definition) is 0. The molecule has 0 rings (SSSR count). The molecule has 0 amide bonds. The topological polar surface area (TPSA) is 66.4 Å². The van der Waals surface area contributed by atoms with Gasteiger partial charge in [-0.25, -0.2) is 4.79 Å². The summed E-state index contributed by atoms with van der Waals surface area (Å²) in [6.45, 7) is 7.47. The number of carbonyl (C=O) groups is 2. The third-order valence-corrected chi connectivity index (χ3v) is 1.34. The molecule has 0 saturated heterocycles. The van der Waals surface area contributed by atoms with E-state index in [1.54, 1.807) is 0 Å². The molecule has 16 heavy (non-hydrogen) atoms. The number of rotatable bonds is 5. The van der Waals surface area contributed by atoms with Gasteiger partial charge in [0.2, 0.25) is 0 Å². The highest BCUT2D eigenvalue weighted by Gasteiger charge is 2.06. The van der Waals surface area contributed by atoms with Crippen molar-refractivity contribution in [2.75, 3.05) is 34.3 Å². The number of hydrogen-bond acceptors (Lipinski definition) is 4. The van der Waals surface area contributed by atoms with E-state index in [0.29, 0.717) is 6.61 Å². The predicted octanol–water partition coefficient (Wildman–Crippen LogP) is -0.656. The van der Waals surface area contributed by atoms with E-state index in [1.807, 2.05) is 21.1 Å². The van der Waals surface area contributed by atoms with Crippen LogP contribution >= 0.6 is 0 Å². The molecule has 0 radical (unpaired) electrons. The molecule has 0 spiro atoms. The summed E-state index contributed by atoms with van der Waals surface area (Å²) in [5, 5.41) is 9.14. The number of carboxylic acid groups (broad SMARTS) is 1. The maximum atomic E-state index is 10.6. The predicted molar refractivity (Wildman–Crippen MR) is 59.3 cm³/mol. The zero-order valence-corrected chi connectivity index (χ0v) is 10.1. The molecule has 0 bridgehead atoms. The van der Waals surface area contributed by atoms with Gasteiger partial charge in [-0.2, -0.15) is 0 Å². The number of aliphatic carboxylic acids is 1. The van der Waals surface area contributed by atoms with Crippen LogP contribution in [0.1, 0.15) is 0 Å². The Morgan fingerprint density at radius 2 is 1.69 bits per heavy atom. The Morgan fingerprint density at radius 1 is 1.25 bits per heavy atom. The molecular formula is C11H19NO4. The maximum Gasteiger partial charge on any atom is 0.330 e. The lowest BCUT2D eigenvalue weighted by Gasteiger charge is -2.23. The molecule has 0 unspecified atom stereocenters. The number of ether oxygens (including phenoxy) is 1. The van der Waals surface area contributed by atoms with E-state index in [1.165, 1.54) is 6.08 Å². The molecular weight excluding hydrogens is 210 g/mol. The Balaban J connectivity index is 0. The molecule has 0 aliphatic carbocycles. The molecule has 0 aromatic rings. The second kappa shape index (κ2) is 8.67. The van der Waals surface area contributed by atoms with Crippen LogP contribution in [0.2, 0.25) is 0 Å². The first-order chi connectivity index (χ1) is 7.22. The fourth-order valence-corrected chi connectivity index (χ4v) is 0.479. The molecule has 0 saturated carbocycles. The van der Waals surface area contributed by atoms with Crippen molar-refractivity contribution in [3.8, 4) is 0 Å². The second-order valence-electron chi connectivity index (χ2n) is 3.91. The zero-order chi connectivity index (χ0) is 13.2. The standard InChI is InChI=1S/C8H16NO2.C3H4O2/c1-5-8(10)11-7-6-9(2,3)4;1-2-3(4)5/h5H,1,6-7H2,2-4H3;2H,1H2,(H,4,5)/q+1;/p-1. The van der Waals surface area contributed by atoms with Gasteiger partial charge in [-0.15, -0.1) is 0 Å². The molecule has 0 N–H and O–H groups in total. The lowest BCUT2D eigenvalue weighted by Crippen LogP contribution is -2.37. The quantitative estimate of drug-likeness (QED) is 0.357. The van der Waals surface area contributed by atoms with E-state index < -0.39 is 5.97 Å². The van der Waals surface area contributed by atoms with Gasteiger partial charge in [-0.1, -0.05) is 13.2 Å². The van der Waals surface area contributed by atoms with Crippen LogP contribution in [-0.2, 0) is 14.3 Å². The van der Waals surface area contributed by atoms with Crippen LogP contribution in [0, 0.1) is 0 Å². The van der Waals surface area contributed by atoms with Gasteiger partial charge in [0, 0.05) is 6.08 Å². The lowest BCUT2D eigenvalue weighted by atomic mass is 10.5. The third kappa shape index (κ3) is 18.2. The molecule has 0 aliphatic rings. The fourth-order valence-electron chi connectivity index (χ4n) is 0.479. The molecule has 0 aromatic carbocycles. The molecule has 0 fully saturated rings. The van der Waals surface area contributed by atoms with E-state index in [-0.39, 0.29) is 5.97 Å².